The van der Waals surface area contributed by atoms with E-state index in [1.54, 1.807) is 18.2 Å². The van der Waals surface area contributed by atoms with Gasteiger partial charge < -0.3 is 15.0 Å². The molecular formula is C19H24ClN3O3. The van der Waals surface area contributed by atoms with E-state index < -0.39 is 5.97 Å². The summed E-state index contributed by atoms with van der Waals surface area (Å²) >= 11 is 6.10. The second-order valence-electron chi connectivity index (χ2n) is 6.96. The fourth-order valence-electron chi connectivity index (χ4n) is 3.52. The third kappa shape index (κ3) is 3.71. The molecule has 3 rings (SSSR count). The van der Waals surface area contributed by atoms with Gasteiger partial charge in [-0.1, -0.05) is 18.5 Å². The van der Waals surface area contributed by atoms with Crippen LogP contribution in [0.15, 0.2) is 18.2 Å². The van der Waals surface area contributed by atoms with Gasteiger partial charge in [-0.3, -0.25) is 9.69 Å². The van der Waals surface area contributed by atoms with Gasteiger partial charge in [-0.05, 0) is 50.4 Å². The van der Waals surface area contributed by atoms with Gasteiger partial charge in [0.2, 0.25) is 5.91 Å². The van der Waals surface area contributed by atoms with Crippen molar-refractivity contribution in [3.05, 3.63) is 28.9 Å². The Kier molecular flexibility index (Phi) is 5.53. The Morgan fingerprint density at radius 3 is 2.88 bits per heavy atom. The molecule has 2 atom stereocenters. The summed E-state index contributed by atoms with van der Waals surface area (Å²) in [5.41, 5.74) is 1.35. The van der Waals surface area contributed by atoms with Crippen molar-refractivity contribution in [3.8, 4) is 0 Å². The van der Waals surface area contributed by atoms with Gasteiger partial charge >= 0.3 is 5.97 Å². The molecule has 140 valence electrons. The van der Waals surface area contributed by atoms with Gasteiger partial charge in [0, 0.05) is 22.5 Å². The van der Waals surface area contributed by atoms with E-state index in [4.69, 9.17) is 16.3 Å². The number of carbonyl (C=O) groups is 2. The summed E-state index contributed by atoms with van der Waals surface area (Å²) in [6, 6.07) is 4.94. The molecule has 2 heterocycles. The number of halogens is 1. The first kappa shape index (κ1) is 18.7. The first-order valence-corrected chi connectivity index (χ1v) is 9.23. The van der Waals surface area contributed by atoms with Crippen LogP contribution in [0.25, 0.3) is 10.9 Å². The normalized spacial score (nSPS) is 19.3. The van der Waals surface area contributed by atoms with Crippen LogP contribution in [0.4, 0.5) is 5.69 Å². The largest absolute Gasteiger partial charge is 0.464 e. The van der Waals surface area contributed by atoms with Crippen molar-refractivity contribution in [2.75, 3.05) is 25.5 Å². The Hall–Kier alpha value is -2.05. The quantitative estimate of drug-likeness (QED) is 0.797. The predicted octanol–water partition coefficient (Wildman–Crippen LogP) is 3.67. The zero-order valence-corrected chi connectivity index (χ0v) is 16.0. The minimum Gasteiger partial charge on any atom is -0.464 e. The molecule has 1 fully saturated rings. The lowest BCUT2D eigenvalue weighted by molar-refractivity contribution is -0.121. The van der Waals surface area contributed by atoms with E-state index in [1.165, 1.54) is 13.5 Å². The molecule has 0 spiro atoms. The molecule has 1 aliphatic rings. The van der Waals surface area contributed by atoms with E-state index in [0.29, 0.717) is 27.5 Å². The lowest BCUT2D eigenvalue weighted by Gasteiger charge is -2.34. The number of esters is 1. The van der Waals surface area contributed by atoms with E-state index >= 15 is 0 Å². The first-order chi connectivity index (χ1) is 12.4. The van der Waals surface area contributed by atoms with Gasteiger partial charge in [0.05, 0.1) is 18.8 Å². The van der Waals surface area contributed by atoms with Crippen LogP contribution in [0.1, 0.15) is 37.2 Å². The number of hydrogen-bond acceptors (Lipinski definition) is 4. The number of H-pyrrole nitrogens is 1. The molecule has 26 heavy (non-hydrogen) atoms. The summed E-state index contributed by atoms with van der Waals surface area (Å²) in [6.45, 7) is 5.90. The molecular weight excluding hydrogens is 354 g/mol. The standard InChI is InChI=1S/C19H24ClN3O3/c1-11-5-4-8-23(10-11)12(2)18(24)22-16-14-9-13(20)6-7-15(14)21-17(16)19(25)26-3/h6-7,9,11-12,21H,4-5,8,10H2,1-3H3,(H,22,24). The number of anilines is 1. The van der Waals surface area contributed by atoms with Crippen molar-refractivity contribution in [1.82, 2.24) is 9.88 Å². The number of piperidine rings is 1. The van der Waals surface area contributed by atoms with Crippen LogP contribution < -0.4 is 5.32 Å². The maximum atomic E-state index is 12.9. The molecule has 2 aromatic rings. The van der Waals surface area contributed by atoms with Crippen molar-refractivity contribution in [2.45, 2.75) is 32.7 Å². The lowest BCUT2D eigenvalue weighted by Crippen LogP contribution is -2.46. The highest BCUT2D eigenvalue weighted by molar-refractivity contribution is 6.31. The third-order valence-corrected chi connectivity index (χ3v) is 5.25. The van der Waals surface area contributed by atoms with Crippen LogP contribution in [0.3, 0.4) is 0 Å². The van der Waals surface area contributed by atoms with E-state index in [9.17, 15) is 9.59 Å². The summed E-state index contributed by atoms with van der Waals surface area (Å²) in [4.78, 5) is 30.2. The molecule has 0 aliphatic carbocycles. The topological polar surface area (TPSA) is 74.4 Å². The van der Waals surface area contributed by atoms with Crippen molar-refractivity contribution >= 4 is 40.1 Å². The summed E-state index contributed by atoms with van der Waals surface area (Å²) < 4.78 is 4.84. The number of aromatic nitrogens is 1. The Balaban J connectivity index is 1.90. The number of rotatable bonds is 4. The average molecular weight is 378 g/mol. The van der Waals surface area contributed by atoms with Crippen LogP contribution in [0.2, 0.25) is 5.02 Å². The average Bonchev–Trinajstić information content (AvgIpc) is 2.98. The minimum absolute atomic E-state index is 0.148. The number of fused-ring (bicyclic) bond motifs is 1. The Labute approximate surface area is 157 Å². The molecule has 1 saturated heterocycles. The molecule has 2 unspecified atom stereocenters. The monoisotopic (exact) mass is 377 g/mol. The van der Waals surface area contributed by atoms with Crippen molar-refractivity contribution in [2.24, 2.45) is 5.92 Å². The van der Waals surface area contributed by atoms with Gasteiger partial charge in [-0.15, -0.1) is 0 Å². The Morgan fingerprint density at radius 2 is 2.19 bits per heavy atom. The highest BCUT2D eigenvalue weighted by Gasteiger charge is 2.28. The number of likely N-dealkylation sites (tertiary alicyclic amines) is 1. The molecule has 1 aliphatic heterocycles. The Morgan fingerprint density at radius 1 is 1.42 bits per heavy atom. The summed E-state index contributed by atoms with van der Waals surface area (Å²) in [7, 11) is 1.31. The predicted molar refractivity (Wildman–Crippen MR) is 103 cm³/mol. The number of ether oxygens (including phenoxy) is 1. The van der Waals surface area contributed by atoms with E-state index in [-0.39, 0.29) is 17.6 Å². The van der Waals surface area contributed by atoms with Gasteiger partial charge in [0.1, 0.15) is 5.69 Å². The fraction of sp³-hybridized carbons (Fsp3) is 0.474. The number of amides is 1. The van der Waals surface area contributed by atoms with Crippen LogP contribution in [0.5, 0.6) is 0 Å². The molecule has 1 amide bonds. The zero-order chi connectivity index (χ0) is 18.8. The minimum atomic E-state index is -0.535. The second-order valence-corrected chi connectivity index (χ2v) is 7.40. The summed E-state index contributed by atoms with van der Waals surface area (Å²) in [5, 5.41) is 4.13. The van der Waals surface area contributed by atoms with E-state index in [0.717, 1.165) is 19.5 Å². The maximum Gasteiger partial charge on any atom is 0.356 e. The van der Waals surface area contributed by atoms with E-state index in [2.05, 4.69) is 22.1 Å². The molecule has 1 aromatic heterocycles. The van der Waals surface area contributed by atoms with Gasteiger partial charge in [-0.25, -0.2) is 4.79 Å². The third-order valence-electron chi connectivity index (χ3n) is 5.01. The number of hydrogen-bond donors (Lipinski definition) is 2. The van der Waals surface area contributed by atoms with Crippen LogP contribution in [0, 0.1) is 5.92 Å². The number of aromatic amines is 1. The van der Waals surface area contributed by atoms with Gasteiger partial charge in [0.25, 0.3) is 0 Å². The van der Waals surface area contributed by atoms with Gasteiger partial charge in [0.15, 0.2) is 0 Å². The highest BCUT2D eigenvalue weighted by atomic mass is 35.5. The molecule has 0 saturated carbocycles. The van der Waals surface area contributed by atoms with Crippen LogP contribution in [-0.2, 0) is 9.53 Å². The van der Waals surface area contributed by atoms with Crippen LogP contribution >= 0.6 is 11.6 Å². The molecule has 0 radical (unpaired) electrons. The molecule has 7 heteroatoms. The molecule has 6 nitrogen and oxygen atoms in total. The molecule has 2 N–H and O–H groups in total. The number of methoxy groups -OCH3 is 1. The smallest absolute Gasteiger partial charge is 0.356 e. The number of carbonyl (C=O) groups excluding carboxylic acids is 2. The SMILES string of the molecule is COC(=O)c1[nH]c2ccc(Cl)cc2c1NC(=O)C(C)N1CCCC(C)C1. The van der Waals surface area contributed by atoms with Crippen molar-refractivity contribution in [3.63, 3.8) is 0 Å². The summed E-state index contributed by atoms with van der Waals surface area (Å²) in [6.07, 6.45) is 2.28. The number of nitrogens with zero attached hydrogens (tertiary/aromatic N) is 1. The lowest BCUT2D eigenvalue weighted by atomic mass is 9.99. The van der Waals surface area contributed by atoms with Crippen molar-refractivity contribution in [1.29, 1.82) is 0 Å². The van der Waals surface area contributed by atoms with E-state index in [1.807, 2.05) is 6.92 Å². The number of nitrogens with one attached hydrogen (secondary N) is 2. The molecule has 1 aromatic carbocycles. The highest BCUT2D eigenvalue weighted by Crippen LogP contribution is 2.31. The van der Waals surface area contributed by atoms with Crippen molar-refractivity contribution < 1.29 is 14.3 Å². The Bertz CT molecular complexity index is 833. The summed E-state index contributed by atoms with van der Waals surface area (Å²) in [5.74, 6) is -0.103. The molecule has 0 bridgehead atoms. The number of benzene rings is 1. The first-order valence-electron chi connectivity index (χ1n) is 8.85. The zero-order valence-electron chi connectivity index (χ0n) is 15.3. The van der Waals surface area contributed by atoms with Crippen LogP contribution in [-0.4, -0.2) is 48.0 Å². The van der Waals surface area contributed by atoms with Gasteiger partial charge in [-0.2, -0.15) is 0 Å². The fourth-order valence-corrected chi connectivity index (χ4v) is 3.69. The maximum absolute atomic E-state index is 12.9. The second kappa shape index (κ2) is 7.68.